The van der Waals surface area contributed by atoms with Crippen molar-refractivity contribution in [1.29, 1.82) is 0 Å². The summed E-state index contributed by atoms with van der Waals surface area (Å²) < 4.78 is 7.54. The summed E-state index contributed by atoms with van der Waals surface area (Å²) in [5.41, 5.74) is 27.8. The largest absolute Gasteiger partial charge is 0.458 e. The highest BCUT2D eigenvalue weighted by Crippen LogP contribution is 2.52. The molecule has 3 nitrogen and oxygen atoms in total. The topological polar surface area (TPSA) is 15.7 Å². The van der Waals surface area contributed by atoms with Gasteiger partial charge in [0.1, 0.15) is 11.5 Å². The van der Waals surface area contributed by atoms with E-state index >= 15 is 0 Å². The normalized spacial score (nSPS) is 13.7. The molecule has 0 aliphatic carbocycles. The summed E-state index contributed by atoms with van der Waals surface area (Å²) in [6, 6.07) is 89.3. The molecule has 0 radical (unpaired) electrons. The Balaban J connectivity index is 1.00. The van der Waals surface area contributed by atoms with Crippen molar-refractivity contribution >= 4 is 92.1 Å². The molecule has 406 valence electrons. The highest BCUT2D eigenvalue weighted by atomic mass is 32.2. The third-order valence-corrected chi connectivity index (χ3v) is 19.2. The third-order valence-electron chi connectivity index (χ3n) is 18.0. The van der Waals surface area contributed by atoms with E-state index < -0.39 is 0 Å². The van der Waals surface area contributed by atoms with Crippen LogP contribution in [0.5, 0.6) is 11.5 Å². The molecule has 4 heterocycles. The first-order valence-electron chi connectivity index (χ1n) is 29.8. The van der Waals surface area contributed by atoms with Gasteiger partial charge in [-0.3, -0.25) is 0 Å². The van der Waals surface area contributed by atoms with Crippen molar-refractivity contribution in [2.45, 2.75) is 88.3 Å². The van der Waals surface area contributed by atoms with Gasteiger partial charge in [-0.2, -0.15) is 0 Å². The van der Waals surface area contributed by atoms with Crippen LogP contribution in [0.15, 0.2) is 246 Å². The smallest absolute Gasteiger partial charge is 0.256 e. The maximum Gasteiger partial charge on any atom is 0.256 e. The van der Waals surface area contributed by atoms with Crippen LogP contribution >= 0.6 is 11.8 Å². The Hall–Kier alpha value is -8.70. The Morgan fingerprint density at radius 2 is 0.786 bits per heavy atom. The number of hydrogen-bond acceptors (Lipinski definition) is 4. The molecule has 0 atom stereocenters. The lowest BCUT2D eigenvalue weighted by molar-refractivity contribution is 0.486. The van der Waals surface area contributed by atoms with Gasteiger partial charge >= 0.3 is 0 Å². The van der Waals surface area contributed by atoms with Crippen molar-refractivity contribution in [2.24, 2.45) is 0 Å². The molecule has 6 heteroatoms. The summed E-state index contributed by atoms with van der Waals surface area (Å²) in [6.45, 7) is 20.7. The van der Waals surface area contributed by atoms with E-state index in [1.165, 1.54) is 115 Å². The number of rotatable bonds is 6. The molecule has 15 rings (SSSR count). The molecule has 0 saturated heterocycles. The Bertz CT molecular complexity index is 4370. The first kappa shape index (κ1) is 52.1. The second kappa shape index (κ2) is 19.4. The van der Waals surface area contributed by atoms with Crippen LogP contribution in [0.25, 0.3) is 44.5 Å². The Labute approximate surface area is 501 Å². The van der Waals surface area contributed by atoms with Crippen LogP contribution in [0.3, 0.4) is 0 Å². The van der Waals surface area contributed by atoms with E-state index in [1.54, 1.807) is 0 Å². The minimum atomic E-state index is -0.120. The van der Waals surface area contributed by atoms with Gasteiger partial charge in [-0.15, -0.1) is 0 Å². The summed E-state index contributed by atoms with van der Waals surface area (Å²) in [5.74, 6) is 1.82. The molecule has 0 spiro atoms. The van der Waals surface area contributed by atoms with Gasteiger partial charge in [0.15, 0.2) is 0 Å². The molecule has 0 bridgehead atoms. The minimum Gasteiger partial charge on any atom is -0.458 e. The number of nitrogens with zero attached hydrogens (tertiary/aromatic N) is 2. The SMILES string of the molecule is CC(C)(C)c1ccc(N2c3cc(C(C)(C)C)ccc3B3c4cc5c(cc4Oc4cc(-c6ccccc6)cc2c43)Sc2cc(-c3ccccc3)cc3c2B5c2ccc(C(C)(C)C)cc2N3c2c(-c3ccccc3)cccc2-c2ccccc2)cc1. The highest BCUT2D eigenvalue weighted by Gasteiger charge is 2.47. The van der Waals surface area contributed by atoms with Gasteiger partial charge in [0.05, 0.1) is 5.69 Å². The molecule has 4 aliphatic heterocycles. The first-order chi connectivity index (χ1) is 40.5. The summed E-state index contributed by atoms with van der Waals surface area (Å²) in [5, 5.41) is 0. The number of benzene rings is 11. The van der Waals surface area contributed by atoms with E-state index in [9.17, 15) is 0 Å². The molecule has 0 amide bonds. The average Bonchev–Trinajstić information content (AvgIpc) is 0.844. The number of fused-ring (bicyclic) bond motifs is 8. The van der Waals surface area contributed by atoms with E-state index in [2.05, 4.69) is 309 Å². The second-order valence-corrected chi connectivity index (χ2v) is 27.6. The molecule has 11 aromatic rings. The van der Waals surface area contributed by atoms with Crippen molar-refractivity contribution in [3.8, 4) is 56.0 Å². The highest BCUT2D eigenvalue weighted by molar-refractivity contribution is 8.00. The maximum atomic E-state index is 7.54. The zero-order valence-corrected chi connectivity index (χ0v) is 50.2. The Kier molecular flexibility index (Phi) is 12.1. The van der Waals surface area contributed by atoms with E-state index in [0.717, 1.165) is 34.0 Å². The van der Waals surface area contributed by atoms with Crippen molar-refractivity contribution in [3.63, 3.8) is 0 Å². The van der Waals surface area contributed by atoms with Crippen LogP contribution in [0.4, 0.5) is 34.1 Å². The molecular weight excluding hydrogens is 1030 g/mol. The van der Waals surface area contributed by atoms with Crippen LogP contribution in [0, 0.1) is 0 Å². The molecule has 0 saturated carbocycles. The predicted octanol–water partition coefficient (Wildman–Crippen LogP) is 17.4. The second-order valence-electron chi connectivity index (χ2n) is 26.5. The molecule has 4 aliphatic rings. The minimum absolute atomic E-state index is 0.0133. The van der Waals surface area contributed by atoms with Crippen LogP contribution < -0.4 is 47.3 Å². The molecule has 11 aromatic carbocycles. The fourth-order valence-electron chi connectivity index (χ4n) is 13.6. The van der Waals surface area contributed by atoms with Gasteiger partial charge in [-0.25, -0.2) is 0 Å². The lowest BCUT2D eigenvalue weighted by Crippen LogP contribution is -2.63. The molecule has 84 heavy (non-hydrogen) atoms. The third kappa shape index (κ3) is 8.58. The van der Waals surface area contributed by atoms with Gasteiger partial charge in [0, 0.05) is 49.4 Å². The van der Waals surface area contributed by atoms with E-state index in [4.69, 9.17) is 4.74 Å². The lowest BCUT2D eigenvalue weighted by Gasteiger charge is -2.44. The predicted molar refractivity (Wildman–Crippen MR) is 360 cm³/mol. The number of anilines is 6. The Morgan fingerprint density at radius 3 is 1.31 bits per heavy atom. The number of para-hydroxylation sites is 1. The lowest BCUT2D eigenvalue weighted by atomic mass is 9.31. The first-order valence-corrected chi connectivity index (χ1v) is 30.6. The van der Waals surface area contributed by atoms with E-state index in [-0.39, 0.29) is 29.7 Å². The Morgan fingerprint density at radius 1 is 0.321 bits per heavy atom. The van der Waals surface area contributed by atoms with Crippen LogP contribution in [0.2, 0.25) is 0 Å². The van der Waals surface area contributed by atoms with Crippen molar-refractivity contribution < 1.29 is 4.74 Å². The number of ether oxygens (including phenoxy) is 1. The van der Waals surface area contributed by atoms with Crippen LogP contribution in [-0.4, -0.2) is 13.4 Å². The van der Waals surface area contributed by atoms with E-state index in [1.807, 2.05) is 11.8 Å². The summed E-state index contributed by atoms with van der Waals surface area (Å²) >= 11 is 1.89. The molecule has 0 aromatic heterocycles. The maximum absolute atomic E-state index is 7.54. The standard InChI is InChI=1S/C78H66B2N2OS/c1-76(2,3)55-33-37-58(38-34-55)81-65-45-56(77(4,5)6)35-39-61(65)79-63-47-64-71(48-69(63)83-70-43-53(41-67(81)73(70)79)49-23-14-10-15-24-49)84-72-44-54(50-25-16-11-17-26-50)42-68-74(72)80(64)62-40-36-57(78(7,8)9)46-66(62)82(68)75-59(51-27-18-12-19-28-51)31-22-32-60(75)52-29-20-13-21-30-52/h10-48H,1-9H3. The molecule has 0 unspecified atom stereocenters. The van der Waals surface area contributed by atoms with Crippen molar-refractivity contribution in [3.05, 3.63) is 253 Å². The van der Waals surface area contributed by atoms with Gasteiger partial charge in [0.2, 0.25) is 6.71 Å². The fraction of sp³-hybridized carbons (Fsp3) is 0.154. The van der Waals surface area contributed by atoms with Crippen molar-refractivity contribution in [1.82, 2.24) is 0 Å². The monoisotopic (exact) mass is 1100 g/mol. The zero-order chi connectivity index (χ0) is 57.4. The summed E-state index contributed by atoms with van der Waals surface area (Å²) in [7, 11) is 0. The quantitative estimate of drug-likeness (QED) is 0.154. The van der Waals surface area contributed by atoms with Gasteiger partial charge < -0.3 is 14.5 Å². The van der Waals surface area contributed by atoms with Crippen molar-refractivity contribution in [2.75, 3.05) is 9.80 Å². The van der Waals surface area contributed by atoms with Gasteiger partial charge in [-0.1, -0.05) is 262 Å². The molecule has 0 fully saturated rings. The zero-order valence-electron chi connectivity index (χ0n) is 49.4. The average molecular weight is 1100 g/mol. The molecule has 0 N–H and O–H groups in total. The van der Waals surface area contributed by atoms with Crippen LogP contribution in [-0.2, 0) is 16.2 Å². The van der Waals surface area contributed by atoms with Crippen LogP contribution in [0.1, 0.15) is 79.0 Å². The molecular formula is C78H66B2N2OS. The number of hydrogen-bond donors (Lipinski definition) is 0. The van der Waals surface area contributed by atoms with E-state index in [0.29, 0.717) is 0 Å². The fourth-order valence-corrected chi connectivity index (χ4v) is 14.8. The van der Waals surface area contributed by atoms with Gasteiger partial charge in [0.25, 0.3) is 6.71 Å². The summed E-state index contributed by atoms with van der Waals surface area (Å²) in [6.07, 6.45) is 0. The summed E-state index contributed by atoms with van der Waals surface area (Å²) in [4.78, 5) is 7.67. The van der Waals surface area contributed by atoms with Gasteiger partial charge in [-0.05, 0) is 148 Å².